The zero-order valence-corrected chi connectivity index (χ0v) is 13.7. The van der Waals surface area contributed by atoms with Crippen LogP contribution < -0.4 is 0 Å². The SMILES string of the molecule is CCC(C)(C)C(=O)OCC(C)(C)COC(=O)C(C)(C)O. The lowest BCUT2D eigenvalue weighted by molar-refractivity contribution is -0.168. The first-order valence-corrected chi connectivity index (χ1v) is 6.89. The van der Waals surface area contributed by atoms with Gasteiger partial charge in [0.25, 0.3) is 0 Å². The molecular formula is C15H28O5. The molecule has 0 aliphatic carbocycles. The molecule has 0 aliphatic rings. The Kier molecular flexibility index (Phi) is 6.21. The summed E-state index contributed by atoms with van der Waals surface area (Å²) in [4.78, 5) is 23.3. The zero-order valence-electron chi connectivity index (χ0n) is 13.7. The van der Waals surface area contributed by atoms with Gasteiger partial charge in [0.05, 0.1) is 18.6 Å². The van der Waals surface area contributed by atoms with Crippen molar-refractivity contribution in [2.45, 2.75) is 60.5 Å². The normalized spacial score (nSPS) is 13.0. The van der Waals surface area contributed by atoms with Gasteiger partial charge in [0.15, 0.2) is 5.60 Å². The topological polar surface area (TPSA) is 72.8 Å². The maximum atomic E-state index is 11.9. The van der Waals surface area contributed by atoms with E-state index >= 15 is 0 Å². The Morgan fingerprint density at radius 3 is 1.65 bits per heavy atom. The van der Waals surface area contributed by atoms with E-state index < -0.39 is 22.4 Å². The second kappa shape index (κ2) is 6.57. The van der Waals surface area contributed by atoms with Crippen molar-refractivity contribution in [3.8, 4) is 0 Å². The second-order valence-corrected chi connectivity index (χ2v) is 7.11. The lowest BCUT2D eigenvalue weighted by Crippen LogP contribution is -2.37. The van der Waals surface area contributed by atoms with E-state index in [2.05, 4.69) is 0 Å². The van der Waals surface area contributed by atoms with Crippen LogP contribution in [-0.4, -0.2) is 35.9 Å². The van der Waals surface area contributed by atoms with Gasteiger partial charge in [0.1, 0.15) is 0 Å². The molecule has 20 heavy (non-hydrogen) atoms. The summed E-state index contributed by atoms with van der Waals surface area (Å²) in [6.45, 7) is 12.2. The molecule has 0 rings (SSSR count). The highest BCUT2D eigenvalue weighted by atomic mass is 16.6. The number of rotatable bonds is 7. The minimum atomic E-state index is -1.52. The van der Waals surface area contributed by atoms with Gasteiger partial charge in [-0.3, -0.25) is 4.79 Å². The summed E-state index contributed by atoms with van der Waals surface area (Å²) >= 11 is 0. The summed E-state index contributed by atoms with van der Waals surface area (Å²) in [5.74, 6) is -0.951. The highest BCUT2D eigenvalue weighted by molar-refractivity contribution is 5.78. The maximum Gasteiger partial charge on any atom is 0.337 e. The molecular weight excluding hydrogens is 260 g/mol. The Bertz CT molecular complexity index is 350. The van der Waals surface area contributed by atoms with E-state index in [0.29, 0.717) is 6.42 Å². The molecule has 5 heteroatoms. The monoisotopic (exact) mass is 288 g/mol. The van der Waals surface area contributed by atoms with E-state index in [4.69, 9.17) is 9.47 Å². The Labute approximate surface area is 121 Å². The molecule has 0 bridgehead atoms. The fourth-order valence-electron chi connectivity index (χ4n) is 1.08. The van der Waals surface area contributed by atoms with Crippen molar-refractivity contribution in [2.24, 2.45) is 10.8 Å². The van der Waals surface area contributed by atoms with Crippen LogP contribution in [0.5, 0.6) is 0 Å². The van der Waals surface area contributed by atoms with E-state index in [1.165, 1.54) is 13.8 Å². The molecule has 0 amide bonds. The molecule has 0 aromatic carbocycles. The highest BCUT2D eigenvalue weighted by Gasteiger charge is 2.32. The van der Waals surface area contributed by atoms with Crippen molar-refractivity contribution < 1.29 is 24.2 Å². The van der Waals surface area contributed by atoms with Crippen molar-refractivity contribution in [1.29, 1.82) is 0 Å². The van der Waals surface area contributed by atoms with Gasteiger partial charge in [-0.1, -0.05) is 20.8 Å². The molecule has 0 aromatic heterocycles. The number of hydrogen-bond donors (Lipinski definition) is 1. The van der Waals surface area contributed by atoms with Gasteiger partial charge in [-0.15, -0.1) is 0 Å². The summed E-state index contributed by atoms with van der Waals surface area (Å²) in [6.07, 6.45) is 0.694. The number of carbonyl (C=O) groups excluding carboxylic acids is 2. The number of esters is 2. The Hall–Kier alpha value is -1.10. The largest absolute Gasteiger partial charge is 0.465 e. The first-order chi connectivity index (χ1) is 8.82. The molecule has 0 unspecified atom stereocenters. The van der Waals surface area contributed by atoms with E-state index in [1.54, 1.807) is 0 Å². The minimum absolute atomic E-state index is 0.0790. The van der Waals surface area contributed by atoms with Crippen LogP contribution in [0.1, 0.15) is 54.9 Å². The molecule has 0 spiro atoms. The van der Waals surface area contributed by atoms with E-state index in [9.17, 15) is 14.7 Å². The van der Waals surface area contributed by atoms with Crippen LogP contribution in [0, 0.1) is 10.8 Å². The number of ether oxygens (including phenoxy) is 2. The Morgan fingerprint density at radius 2 is 1.30 bits per heavy atom. The quantitative estimate of drug-likeness (QED) is 0.728. The standard InChI is InChI=1S/C15H28O5/c1-8-14(4,5)11(16)19-9-13(2,3)10-20-12(17)15(6,7)18/h18H,8-10H2,1-7H3. The molecule has 0 saturated heterocycles. The van der Waals surface area contributed by atoms with Gasteiger partial charge in [-0.25, -0.2) is 4.79 Å². The summed E-state index contributed by atoms with van der Waals surface area (Å²) in [6, 6.07) is 0. The third kappa shape index (κ3) is 6.37. The highest BCUT2D eigenvalue weighted by Crippen LogP contribution is 2.24. The zero-order chi connectivity index (χ0) is 16.2. The van der Waals surface area contributed by atoms with Crippen LogP contribution in [-0.2, 0) is 19.1 Å². The number of carbonyl (C=O) groups is 2. The Morgan fingerprint density at radius 1 is 0.900 bits per heavy atom. The first kappa shape index (κ1) is 18.9. The summed E-state index contributed by atoms with van der Waals surface area (Å²) in [5, 5.41) is 9.48. The lowest BCUT2D eigenvalue weighted by Gasteiger charge is -2.28. The molecule has 0 atom stereocenters. The average molecular weight is 288 g/mol. The van der Waals surface area contributed by atoms with Crippen molar-refractivity contribution in [3.63, 3.8) is 0 Å². The third-order valence-electron chi connectivity index (χ3n) is 3.12. The molecule has 1 N–H and O–H groups in total. The predicted molar refractivity (Wildman–Crippen MR) is 76.1 cm³/mol. The fourth-order valence-corrected chi connectivity index (χ4v) is 1.08. The summed E-state index contributed by atoms with van der Waals surface area (Å²) in [7, 11) is 0. The van der Waals surface area contributed by atoms with Gasteiger partial charge >= 0.3 is 11.9 Å². The van der Waals surface area contributed by atoms with Crippen LogP contribution >= 0.6 is 0 Å². The van der Waals surface area contributed by atoms with Crippen LogP contribution in [0.2, 0.25) is 0 Å². The molecule has 5 nitrogen and oxygen atoms in total. The van der Waals surface area contributed by atoms with E-state index in [-0.39, 0.29) is 19.2 Å². The molecule has 0 saturated carbocycles. The van der Waals surface area contributed by atoms with E-state index in [1.807, 2.05) is 34.6 Å². The second-order valence-electron chi connectivity index (χ2n) is 7.11. The van der Waals surface area contributed by atoms with Gasteiger partial charge in [-0.2, -0.15) is 0 Å². The van der Waals surface area contributed by atoms with Crippen LogP contribution in [0.25, 0.3) is 0 Å². The van der Waals surface area contributed by atoms with Crippen LogP contribution in [0.3, 0.4) is 0 Å². The summed E-state index contributed by atoms with van der Waals surface area (Å²) < 4.78 is 10.3. The third-order valence-corrected chi connectivity index (χ3v) is 3.12. The van der Waals surface area contributed by atoms with Crippen molar-refractivity contribution in [3.05, 3.63) is 0 Å². The molecule has 0 fully saturated rings. The Balaban J connectivity index is 4.34. The van der Waals surface area contributed by atoms with Gasteiger partial charge < -0.3 is 14.6 Å². The van der Waals surface area contributed by atoms with Crippen LogP contribution in [0.4, 0.5) is 0 Å². The van der Waals surface area contributed by atoms with Gasteiger partial charge in [-0.05, 0) is 34.1 Å². The minimum Gasteiger partial charge on any atom is -0.465 e. The van der Waals surface area contributed by atoms with Gasteiger partial charge in [0.2, 0.25) is 0 Å². The maximum absolute atomic E-state index is 11.9. The predicted octanol–water partition coefficient (Wildman–Crippen LogP) is 2.31. The van der Waals surface area contributed by atoms with Gasteiger partial charge in [0, 0.05) is 5.41 Å². The average Bonchev–Trinajstić information content (AvgIpc) is 2.31. The molecule has 118 valence electrons. The molecule has 0 heterocycles. The molecule has 0 aliphatic heterocycles. The smallest absolute Gasteiger partial charge is 0.337 e. The molecule has 0 radical (unpaired) electrons. The van der Waals surface area contributed by atoms with E-state index in [0.717, 1.165) is 0 Å². The first-order valence-electron chi connectivity index (χ1n) is 6.89. The number of aliphatic hydroxyl groups is 1. The fraction of sp³-hybridized carbons (Fsp3) is 0.867. The van der Waals surface area contributed by atoms with Crippen molar-refractivity contribution >= 4 is 11.9 Å². The molecule has 0 aromatic rings. The number of hydrogen-bond acceptors (Lipinski definition) is 5. The summed E-state index contributed by atoms with van der Waals surface area (Å²) in [5.41, 5.74) is -2.53. The van der Waals surface area contributed by atoms with Crippen LogP contribution in [0.15, 0.2) is 0 Å². The van der Waals surface area contributed by atoms with Crippen molar-refractivity contribution in [2.75, 3.05) is 13.2 Å². The lowest BCUT2D eigenvalue weighted by atomic mass is 9.90. The van der Waals surface area contributed by atoms with Crippen molar-refractivity contribution in [1.82, 2.24) is 0 Å².